The lowest BCUT2D eigenvalue weighted by molar-refractivity contribution is -0.136. The summed E-state index contributed by atoms with van der Waals surface area (Å²) in [5.74, 6) is -1.47. The fourth-order valence-electron chi connectivity index (χ4n) is 2.26. The number of carbonyl (C=O) groups is 2. The van der Waals surface area contributed by atoms with Gasteiger partial charge in [0.1, 0.15) is 5.03 Å². The van der Waals surface area contributed by atoms with Crippen molar-refractivity contribution in [3.05, 3.63) is 34.9 Å². The Morgan fingerprint density at radius 1 is 1.12 bits per heavy atom. The molecule has 0 fully saturated rings. The van der Waals surface area contributed by atoms with Crippen LogP contribution >= 0.6 is 11.8 Å². The van der Waals surface area contributed by atoms with Gasteiger partial charge >= 0.3 is 11.9 Å². The van der Waals surface area contributed by atoms with Crippen LogP contribution in [0, 0.1) is 13.8 Å². The van der Waals surface area contributed by atoms with E-state index in [1.165, 1.54) is 11.8 Å². The summed E-state index contributed by atoms with van der Waals surface area (Å²) in [4.78, 5) is 30.2. The predicted octanol–water partition coefficient (Wildman–Crippen LogP) is 2.61. The lowest BCUT2D eigenvalue weighted by Crippen LogP contribution is -2.03. The molecular formula is C16H17N3O4S. The van der Waals surface area contributed by atoms with Gasteiger partial charge in [0.25, 0.3) is 0 Å². The molecule has 2 aromatic rings. The Morgan fingerprint density at radius 2 is 1.83 bits per heavy atom. The summed E-state index contributed by atoms with van der Waals surface area (Å²) in [7, 11) is 0. The average molecular weight is 347 g/mol. The molecule has 126 valence electrons. The van der Waals surface area contributed by atoms with Crippen molar-refractivity contribution >= 4 is 29.6 Å². The molecule has 7 nitrogen and oxygen atoms in total. The maximum atomic E-state index is 11.3. The van der Waals surface area contributed by atoms with E-state index in [2.05, 4.69) is 9.97 Å². The van der Waals surface area contributed by atoms with Crippen LogP contribution < -0.4 is 5.73 Å². The number of hydrogen-bond donors (Lipinski definition) is 3. The van der Waals surface area contributed by atoms with E-state index in [1.54, 1.807) is 25.1 Å². The highest BCUT2D eigenvalue weighted by molar-refractivity contribution is 7.99. The number of nitrogens with two attached hydrogens (primary N) is 1. The Bertz CT molecular complexity index is 808. The van der Waals surface area contributed by atoms with E-state index in [1.807, 2.05) is 6.92 Å². The fourth-order valence-corrected chi connectivity index (χ4v) is 3.10. The van der Waals surface area contributed by atoms with Gasteiger partial charge < -0.3 is 15.9 Å². The van der Waals surface area contributed by atoms with Crippen molar-refractivity contribution < 1.29 is 19.8 Å². The molecule has 0 aliphatic heterocycles. The molecule has 0 spiro atoms. The SMILES string of the molecule is Cc1cc(C)c(-c2cc(SCCC(=O)O)nc(N)n2)cc1C(=O)O. The number of carboxylic acid groups (broad SMARTS) is 2. The fraction of sp³-hybridized carbons (Fsp3) is 0.250. The minimum atomic E-state index is -1.01. The number of aliphatic carboxylic acids is 1. The van der Waals surface area contributed by atoms with Gasteiger partial charge in [-0.15, -0.1) is 11.8 Å². The lowest BCUT2D eigenvalue weighted by Gasteiger charge is -2.11. The monoisotopic (exact) mass is 347 g/mol. The highest BCUT2D eigenvalue weighted by Crippen LogP contribution is 2.28. The first kappa shape index (κ1) is 17.7. The minimum absolute atomic E-state index is 0.0105. The van der Waals surface area contributed by atoms with Gasteiger partial charge in [-0.05, 0) is 37.1 Å². The van der Waals surface area contributed by atoms with Gasteiger partial charge in [0.15, 0.2) is 0 Å². The third-order valence-corrected chi connectivity index (χ3v) is 4.28. The van der Waals surface area contributed by atoms with E-state index < -0.39 is 11.9 Å². The van der Waals surface area contributed by atoms with E-state index >= 15 is 0 Å². The number of aromatic nitrogens is 2. The summed E-state index contributed by atoms with van der Waals surface area (Å²) in [6.07, 6.45) is 0.0105. The normalized spacial score (nSPS) is 10.6. The largest absolute Gasteiger partial charge is 0.481 e. The van der Waals surface area contributed by atoms with Crippen molar-refractivity contribution in [3.8, 4) is 11.3 Å². The Kier molecular flexibility index (Phi) is 5.40. The standard InChI is InChI=1S/C16H17N3O4S/c1-8-5-9(2)11(15(22)23)6-10(8)12-7-13(19-16(17)18-12)24-4-3-14(20)21/h5-7H,3-4H2,1-2H3,(H,20,21)(H,22,23)(H2,17,18,19). The van der Waals surface area contributed by atoms with E-state index in [4.69, 9.17) is 10.8 Å². The number of rotatable bonds is 6. The van der Waals surface area contributed by atoms with Crippen molar-refractivity contribution in [1.29, 1.82) is 0 Å². The number of hydrogen-bond acceptors (Lipinski definition) is 6. The predicted molar refractivity (Wildman–Crippen MR) is 91.3 cm³/mol. The molecule has 0 radical (unpaired) electrons. The second-order valence-corrected chi connectivity index (χ2v) is 6.34. The molecule has 0 atom stereocenters. The Labute approximate surface area is 142 Å². The van der Waals surface area contributed by atoms with E-state index in [9.17, 15) is 14.7 Å². The molecule has 2 rings (SSSR count). The molecule has 0 bridgehead atoms. The van der Waals surface area contributed by atoms with Crippen LogP contribution in [0.5, 0.6) is 0 Å². The number of nitrogen functional groups attached to an aromatic ring is 1. The third kappa shape index (κ3) is 4.23. The van der Waals surface area contributed by atoms with Crippen molar-refractivity contribution in [1.82, 2.24) is 9.97 Å². The number of nitrogens with zero attached hydrogens (tertiary/aromatic N) is 2. The molecule has 0 unspecified atom stereocenters. The van der Waals surface area contributed by atoms with Crippen molar-refractivity contribution in [3.63, 3.8) is 0 Å². The smallest absolute Gasteiger partial charge is 0.335 e. The number of thioether (sulfide) groups is 1. The first-order valence-corrected chi connectivity index (χ1v) is 8.10. The summed E-state index contributed by atoms with van der Waals surface area (Å²) >= 11 is 1.26. The number of benzene rings is 1. The van der Waals surface area contributed by atoms with Gasteiger partial charge in [0, 0.05) is 11.3 Å². The van der Waals surface area contributed by atoms with Gasteiger partial charge in [0.2, 0.25) is 5.95 Å². The summed E-state index contributed by atoms with van der Waals surface area (Å²) in [5, 5.41) is 18.5. The quantitative estimate of drug-likeness (QED) is 0.537. The maximum Gasteiger partial charge on any atom is 0.335 e. The molecular weight excluding hydrogens is 330 g/mol. The molecule has 1 heterocycles. The Balaban J connectivity index is 2.41. The van der Waals surface area contributed by atoms with Crippen molar-refractivity contribution in [2.45, 2.75) is 25.3 Å². The topological polar surface area (TPSA) is 126 Å². The van der Waals surface area contributed by atoms with Gasteiger partial charge in [-0.3, -0.25) is 4.79 Å². The van der Waals surface area contributed by atoms with Crippen LogP contribution in [0.3, 0.4) is 0 Å². The highest BCUT2D eigenvalue weighted by Gasteiger charge is 2.14. The van der Waals surface area contributed by atoms with E-state index in [0.717, 1.165) is 5.56 Å². The van der Waals surface area contributed by atoms with Gasteiger partial charge in [-0.2, -0.15) is 0 Å². The van der Waals surface area contributed by atoms with Crippen LogP contribution in [0.1, 0.15) is 27.9 Å². The second-order valence-electron chi connectivity index (χ2n) is 5.23. The molecule has 0 saturated carbocycles. The zero-order valence-corrected chi connectivity index (χ0v) is 14.1. The number of anilines is 1. The number of aryl methyl sites for hydroxylation is 2. The van der Waals surface area contributed by atoms with Crippen molar-refractivity contribution in [2.75, 3.05) is 11.5 Å². The summed E-state index contributed by atoms with van der Waals surface area (Å²) < 4.78 is 0. The maximum absolute atomic E-state index is 11.3. The first-order chi connectivity index (χ1) is 11.3. The Morgan fingerprint density at radius 3 is 2.46 bits per heavy atom. The molecule has 8 heteroatoms. The number of aromatic carboxylic acids is 1. The van der Waals surface area contributed by atoms with Crippen LogP contribution in [0.25, 0.3) is 11.3 Å². The molecule has 4 N–H and O–H groups in total. The van der Waals surface area contributed by atoms with Crippen LogP contribution in [-0.2, 0) is 4.79 Å². The van der Waals surface area contributed by atoms with Crippen LogP contribution in [0.15, 0.2) is 23.2 Å². The second kappa shape index (κ2) is 7.31. The lowest BCUT2D eigenvalue weighted by atomic mass is 9.98. The molecule has 0 aliphatic rings. The highest BCUT2D eigenvalue weighted by atomic mass is 32.2. The van der Waals surface area contributed by atoms with Gasteiger partial charge in [-0.1, -0.05) is 6.07 Å². The molecule has 24 heavy (non-hydrogen) atoms. The van der Waals surface area contributed by atoms with E-state index in [-0.39, 0.29) is 17.9 Å². The Hall–Kier alpha value is -2.61. The minimum Gasteiger partial charge on any atom is -0.481 e. The van der Waals surface area contributed by atoms with Crippen LogP contribution in [0.2, 0.25) is 0 Å². The molecule has 0 amide bonds. The van der Waals surface area contributed by atoms with Gasteiger partial charge in [-0.25, -0.2) is 14.8 Å². The molecule has 1 aromatic carbocycles. The zero-order chi connectivity index (χ0) is 17.9. The molecule has 0 saturated heterocycles. The molecule has 1 aromatic heterocycles. The third-order valence-electron chi connectivity index (χ3n) is 3.36. The molecule has 0 aliphatic carbocycles. The summed E-state index contributed by atoms with van der Waals surface area (Å²) in [5.41, 5.74) is 8.65. The zero-order valence-electron chi connectivity index (χ0n) is 13.2. The van der Waals surface area contributed by atoms with E-state index in [0.29, 0.717) is 27.6 Å². The van der Waals surface area contributed by atoms with Crippen LogP contribution in [-0.4, -0.2) is 37.9 Å². The average Bonchev–Trinajstić information content (AvgIpc) is 2.45. The van der Waals surface area contributed by atoms with Crippen LogP contribution in [0.4, 0.5) is 5.95 Å². The van der Waals surface area contributed by atoms with Crippen molar-refractivity contribution in [2.24, 2.45) is 0 Å². The first-order valence-electron chi connectivity index (χ1n) is 7.12. The summed E-state index contributed by atoms with van der Waals surface area (Å²) in [6.45, 7) is 3.60. The number of carboxylic acids is 2. The van der Waals surface area contributed by atoms with Gasteiger partial charge in [0.05, 0.1) is 17.7 Å². The summed E-state index contributed by atoms with van der Waals surface area (Å²) in [6, 6.07) is 5.04.